The van der Waals surface area contributed by atoms with Gasteiger partial charge in [-0.2, -0.15) is 0 Å². The van der Waals surface area contributed by atoms with Crippen LogP contribution in [0.2, 0.25) is 0 Å². The molecule has 0 saturated carbocycles. The van der Waals surface area contributed by atoms with Crippen LogP contribution in [0.15, 0.2) is 30.3 Å². The van der Waals surface area contributed by atoms with Crippen molar-refractivity contribution in [2.45, 2.75) is 25.4 Å². The summed E-state index contributed by atoms with van der Waals surface area (Å²) in [5.74, 6) is 0.838. The Morgan fingerprint density at radius 2 is 2.24 bits per heavy atom. The Morgan fingerprint density at radius 1 is 1.33 bits per heavy atom. The second-order valence-corrected chi connectivity index (χ2v) is 5.74. The smallest absolute Gasteiger partial charge is 0.145 e. The monoisotopic (exact) mass is 285 g/mol. The van der Waals surface area contributed by atoms with E-state index in [1.807, 2.05) is 12.1 Å². The van der Waals surface area contributed by atoms with Crippen molar-refractivity contribution in [2.75, 3.05) is 27.2 Å². The number of hydrogen-bond donors (Lipinski definition) is 1. The minimum atomic E-state index is 0.667. The Bertz CT molecular complexity index is 614. The molecule has 0 amide bonds. The predicted molar refractivity (Wildman–Crippen MR) is 85.7 cm³/mol. The standard InChI is InChI=1S/C17H23N3O/c1-20-10-4-6-15(20)12-18-11-14-9-8-13-5-3-7-16(21-2)17(13)19-14/h3,5,7-9,15,18H,4,6,10-12H2,1-2H3. The van der Waals surface area contributed by atoms with E-state index in [9.17, 15) is 0 Å². The van der Waals surface area contributed by atoms with E-state index in [0.717, 1.165) is 35.4 Å². The summed E-state index contributed by atoms with van der Waals surface area (Å²) in [5, 5.41) is 4.65. The molecule has 1 aromatic heterocycles. The fourth-order valence-electron chi connectivity index (χ4n) is 3.03. The molecule has 21 heavy (non-hydrogen) atoms. The van der Waals surface area contributed by atoms with Gasteiger partial charge < -0.3 is 15.0 Å². The van der Waals surface area contributed by atoms with E-state index < -0.39 is 0 Å². The Hall–Kier alpha value is -1.65. The normalized spacial score (nSPS) is 19.2. The topological polar surface area (TPSA) is 37.4 Å². The average Bonchev–Trinajstić information content (AvgIpc) is 2.92. The van der Waals surface area contributed by atoms with Crippen molar-refractivity contribution in [1.29, 1.82) is 0 Å². The third kappa shape index (κ3) is 3.17. The Labute approximate surface area is 126 Å². The number of fused-ring (bicyclic) bond motifs is 1. The van der Waals surface area contributed by atoms with E-state index in [0.29, 0.717) is 6.04 Å². The van der Waals surface area contributed by atoms with Crippen LogP contribution in [0.25, 0.3) is 10.9 Å². The fraction of sp³-hybridized carbons (Fsp3) is 0.471. The lowest BCUT2D eigenvalue weighted by Crippen LogP contribution is -2.35. The zero-order chi connectivity index (χ0) is 14.7. The summed E-state index contributed by atoms with van der Waals surface area (Å²) in [4.78, 5) is 7.16. The molecule has 1 unspecified atom stereocenters. The third-order valence-corrected chi connectivity index (χ3v) is 4.32. The van der Waals surface area contributed by atoms with E-state index in [4.69, 9.17) is 9.72 Å². The highest BCUT2D eigenvalue weighted by molar-refractivity contribution is 5.84. The molecule has 4 nitrogen and oxygen atoms in total. The first-order chi connectivity index (χ1) is 10.3. The van der Waals surface area contributed by atoms with E-state index >= 15 is 0 Å². The van der Waals surface area contributed by atoms with Gasteiger partial charge in [-0.3, -0.25) is 0 Å². The molecule has 1 aromatic carbocycles. The van der Waals surface area contributed by atoms with Crippen molar-refractivity contribution in [3.8, 4) is 5.75 Å². The SMILES string of the molecule is COc1cccc2ccc(CNCC3CCCN3C)nc12. The fourth-order valence-corrected chi connectivity index (χ4v) is 3.03. The lowest BCUT2D eigenvalue weighted by Gasteiger charge is -2.19. The van der Waals surface area contributed by atoms with Crippen molar-refractivity contribution in [3.05, 3.63) is 36.0 Å². The van der Waals surface area contributed by atoms with Crippen LogP contribution in [-0.2, 0) is 6.54 Å². The molecule has 0 spiro atoms. The molecule has 2 aromatic rings. The lowest BCUT2D eigenvalue weighted by atomic mass is 10.2. The average molecular weight is 285 g/mol. The highest BCUT2D eigenvalue weighted by Crippen LogP contribution is 2.23. The van der Waals surface area contributed by atoms with Crippen LogP contribution in [0.3, 0.4) is 0 Å². The molecule has 1 atom stereocenters. The summed E-state index contributed by atoms with van der Waals surface area (Å²) in [5.41, 5.74) is 2.00. The number of benzene rings is 1. The van der Waals surface area contributed by atoms with Crippen LogP contribution >= 0.6 is 0 Å². The van der Waals surface area contributed by atoms with Crippen molar-refractivity contribution in [1.82, 2.24) is 15.2 Å². The van der Waals surface area contributed by atoms with E-state index in [1.54, 1.807) is 7.11 Å². The highest BCUT2D eigenvalue weighted by atomic mass is 16.5. The number of para-hydroxylation sites is 1. The Balaban J connectivity index is 1.67. The number of nitrogens with zero attached hydrogens (tertiary/aromatic N) is 2. The maximum Gasteiger partial charge on any atom is 0.145 e. The number of pyridine rings is 1. The predicted octanol–water partition coefficient (Wildman–Crippen LogP) is 2.43. The van der Waals surface area contributed by atoms with Gasteiger partial charge >= 0.3 is 0 Å². The number of methoxy groups -OCH3 is 1. The van der Waals surface area contributed by atoms with Gasteiger partial charge in [0, 0.05) is 24.5 Å². The molecule has 4 heteroatoms. The zero-order valence-corrected chi connectivity index (χ0v) is 12.8. The van der Waals surface area contributed by atoms with Crippen molar-refractivity contribution < 1.29 is 4.74 Å². The molecule has 2 heterocycles. The number of ether oxygens (including phenoxy) is 1. The quantitative estimate of drug-likeness (QED) is 0.915. The van der Waals surface area contributed by atoms with Crippen LogP contribution in [0, 0.1) is 0 Å². The minimum Gasteiger partial charge on any atom is -0.494 e. The molecule has 0 bridgehead atoms. The van der Waals surface area contributed by atoms with Gasteiger partial charge in [0.2, 0.25) is 0 Å². The summed E-state index contributed by atoms with van der Waals surface area (Å²) in [6.07, 6.45) is 2.61. The van der Waals surface area contributed by atoms with Crippen molar-refractivity contribution in [2.24, 2.45) is 0 Å². The van der Waals surface area contributed by atoms with E-state index in [2.05, 4.69) is 35.5 Å². The van der Waals surface area contributed by atoms with Crippen molar-refractivity contribution in [3.63, 3.8) is 0 Å². The number of nitrogens with one attached hydrogen (secondary N) is 1. The van der Waals surface area contributed by atoms with Crippen LogP contribution in [-0.4, -0.2) is 43.2 Å². The summed E-state index contributed by atoms with van der Waals surface area (Å²) >= 11 is 0. The number of likely N-dealkylation sites (N-methyl/N-ethyl adjacent to an activating group) is 1. The second-order valence-electron chi connectivity index (χ2n) is 5.74. The van der Waals surface area contributed by atoms with Crippen LogP contribution in [0.4, 0.5) is 0 Å². The Kier molecular flexibility index (Phi) is 4.36. The van der Waals surface area contributed by atoms with Gasteiger partial charge in [0.1, 0.15) is 11.3 Å². The molecule has 1 N–H and O–H groups in total. The maximum atomic E-state index is 5.39. The molecule has 1 fully saturated rings. The molecule has 1 saturated heterocycles. The molecular weight excluding hydrogens is 262 g/mol. The molecule has 112 valence electrons. The van der Waals surface area contributed by atoms with Gasteiger partial charge in [0.25, 0.3) is 0 Å². The van der Waals surface area contributed by atoms with Gasteiger partial charge in [-0.15, -0.1) is 0 Å². The molecule has 0 aliphatic carbocycles. The summed E-state index contributed by atoms with van der Waals surface area (Å²) in [6, 6.07) is 10.9. The second kappa shape index (κ2) is 6.41. The maximum absolute atomic E-state index is 5.39. The van der Waals surface area contributed by atoms with Gasteiger partial charge in [-0.05, 0) is 38.6 Å². The van der Waals surface area contributed by atoms with Crippen molar-refractivity contribution >= 4 is 10.9 Å². The van der Waals surface area contributed by atoms with E-state index in [1.165, 1.54) is 19.4 Å². The van der Waals surface area contributed by atoms with Gasteiger partial charge in [0.15, 0.2) is 0 Å². The first kappa shape index (κ1) is 14.3. The number of rotatable bonds is 5. The van der Waals surface area contributed by atoms with Gasteiger partial charge in [-0.1, -0.05) is 18.2 Å². The van der Waals surface area contributed by atoms with Crippen LogP contribution < -0.4 is 10.1 Å². The van der Waals surface area contributed by atoms with Crippen LogP contribution in [0.1, 0.15) is 18.5 Å². The number of hydrogen-bond acceptors (Lipinski definition) is 4. The third-order valence-electron chi connectivity index (χ3n) is 4.32. The Morgan fingerprint density at radius 3 is 3.00 bits per heavy atom. The number of aromatic nitrogens is 1. The first-order valence-electron chi connectivity index (χ1n) is 7.61. The van der Waals surface area contributed by atoms with Gasteiger partial charge in [-0.25, -0.2) is 4.98 Å². The zero-order valence-electron chi connectivity index (χ0n) is 12.8. The molecular formula is C17H23N3O. The summed E-state index contributed by atoms with van der Waals surface area (Å²) in [6.45, 7) is 3.05. The van der Waals surface area contributed by atoms with Gasteiger partial charge in [0.05, 0.1) is 12.8 Å². The lowest BCUT2D eigenvalue weighted by molar-refractivity contribution is 0.300. The molecule has 1 aliphatic heterocycles. The first-order valence-corrected chi connectivity index (χ1v) is 7.61. The summed E-state index contributed by atoms with van der Waals surface area (Å²) in [7, 11) is 3.90. The highest BCUT2D eigenvalue weighted by Gasteiger charge is 2.19. The minimum absolute atomic E-state index is 0.667. The molecule has 0 radical (unpaired) electrons. The molecule has 1 aliphatic rings. The number of likely N-dealkylation sites (tertiary alicyclic amines) is 1. The molecule has 3 rings (SSSR count). The summed E-state index contributed by atoms with van der Waals surface area (Å²) < 4.78 is 5.39. The largest absolute Gasteiger partial charge is 0.494 e. The van der Waals surface area contributed by atoms with Crippen LogP contribution in [0.5, 0.6) is 5.75 Å². The van der Waals surface area contributed by atoms with E-state index in [-0.39, 0.29) is 0 Å².